The third-order valence-corrected chi connectivity index (χ3v) is 5.56. The summed E-state index contributed by atoms with van der Waals surface area (Å²) in [7, 11) is -3.82. The molecule has 0 saturated heterocycles. The fraction of sp³-hybridized carbons (Fsp3) is 0.167. The molecule has 0 bridgehead atoms. The van der Waals surface area contributed by atoms with E-state index in [0.717, 1.165) is 28.9 Å². The zero-order chi connectivity index (χ0) is 22.1. The van der Waals surface area contributed by atoms with E-state index in [0.29, 0.717) is 5.56 Å². The largest absolute Gasteiger partial charge is 0.416 e. The molecule has 2 aromatic heterocycles. The van der Waals surface area contributed by atoms with Crippen LogP contribution in [-0.2, 0) is 27.5 Å². The monoisotopic (exact) mass is 450 g/mol. The molecule has 9 nitrogen and oxygen atoms in total. The Morgan fingerprint density at radius 2 is 1.68 bits per heavy atom. The van der Waals surface area contributed by atoms with Gasteiger partial charge in [0.1, 0.15) is 11.5 Å². The Balaban J connectivity index is 1.51. The average Bonchev–Trinajstić information content (AvgIpc) is 3.37. The third-order valence-electron chi connectivity index (χ3n) is 4.16. The highest BCUT2D eigenvalue weighted by molar-refractivity contribution is 7.89. The highest BCUT2D eigenvalue weighted by Gasteiger charge is 2.30. The van der Waals surface area contributed by atoms with Gasteiger partial charge in [-0.15, -0.1) is 5.10 Å². The first-order valence-corrected chi connectivity index (χ1v) is 10.6. The molecule has 0 aliphatic rings. The van der Waals surface area contributed by atoms with Crippen molar-refractivity contribution in [3.63, 3.8) is 0 Å². The Bertz CT molecular complexity index is 1290. The fourth-order valence-electron chi connectivity index (χ4n) is 2.74. The maximum atomic E-state index is 12.7. The van der Waals surface area contributed by atoms with Crippen LogP contribution in [0.4, 0.5) is 13.2 Å². The van der Waals surface area contributed by atoms with E-state index in [1.54, 1.807) is 24.3 Å². The van der Waals surface area contributed by atoms with E-state index in [2.05, 4.69) is 25.7 Å². The average molecular weight is 450 g/mol. The number of tetrazole rings is 1. The van der Waals surface area contributed by atoms with Crippen LogP contribution >= 0.6 is 0 Å². The summed E-state index contributed by atoms with van der Waals surface area (Å²) in [5.74, 6) is -1.02. The van der Waals surface area contributed by atoms with Gasteiger partial charge in [0.05, 0.1) is 11.3 Å². The van der Waals surface area contributed by atoms with E-state index in [1.165, 1.54) is 0 Å². The maximum Gasteiger partial charge on any atom is 0.416 e. The second-order valence-electron chi connectivity index (χ2n) is 6.47. The van der Waals surface area contributed by atoms with Crippen LogP contribution in [0.5, 0.6) is 0 Å². The standard InChI is InChI=1S/C18H13F3N6O3S/c19-18(20,21)13-6-8-14(9-7-13)27-16(23-25-26-27)11-31(28,29)10-15-22-17(30-24-15)12-4-2-1-3-5-12/h1-9H,10-11H2. The number of hydrogen-bond donors (Lipinski definition) is 0. The van der Waals surface area contributed by atoms with Gasteiger partial charge in [-0.1, -0.05) is 23.4 Å². The summed E-state index contributed by atoms with van der Waals surface area (Å²) < 4.78 is 69.6. The van der Waals surface area contributed by atoms with Crippen LogP contribution in [0.3, 0.4) is 0 Å². The number of benzene rings is 2. The summed E-state index contributed by atoms with van der Waals surface area (Å²) in [6.45, 7) is 0. The van der Waals surface area contributed by atoms with Gasteiger partial charge in [0, 0.05) is 5.56 Å². The summed E-state index contributed by atoms with van der Waals surface area (Å²) in [4.78, 5) is 4.09. The molecule has 0 aliphatic carbocycles. The van der Waals surface area contributed by atoms with Crippen molar-refractivity contribution < 1.29 is 26.1 Å². The maximum absolute atomic E-state index is 12.7. The summed E-state index contributed by atoms with van der Waals surface area (Å²) in [6, 6.07) is 12.9. The van der Waals surface area contributed by atoms with Gasteiger partial charge < -0.3 is 4.52 Å². The van der Waals surface area contributed by atoms with Crippen molar-refractivity contribution in [1.82, 2.24) is 30.3 Å². The molecule has 4 rings (SSSR count). The molecule has 0 unspecified atom stereocenters. The number of hydrogen-bond acceptors (Lipinski definition) is 8. The number of alkyl halides is 3. The molecular weight excluding hydrogens is 437 g/mol. The van der Waals surface area contributed by atoms with Crippen molar-refractivity contribution >= 4 is 9.84 Å². The number of nitrogens with zero attached hydrogens (tertiary/aromatic N) is 6. The van der Waals surface area contributed by atoms with Gasteiger partial charge in [-0.3, -0.25) is 0 Å². The van der Waals surface area contributed by atoms with Crippen molar-refractivity contribution in [2.45, 2.75) is 17.7 Å². The lowest BCUT2D eigenvalue weighted by Crippen LogP contribution is -2.13. The van der Waals surface area contributed by atoms with E-state index in [1.807, 2.05) is 6.07 Å². The molecule has 0 saturated carbocycles. The van der Waals surface area contributed by atoms with Gasteiger partial charge in [-0.05, 0) is 46.8 Å². The molecule has 160 valence electrons. The molecule has 0 radical (unpaired) electrons. The molecule has 2 heterocycles. The summed E-state index contributed by atoms with van der Waals surface area (Å²) in [5, 5.41) is 14.5. The molecule has 0 atom stereocenters. The molecule has 31 heavy (non-hydrogen) atoms. The number of halogens is 3. The van der Waals surface area contributed by atoms with Crippen LogP contribution in [0, 0.1) is 0 Å². The molecule has 0 amide bonds. The predicted molar refractivity (Wildman–Crippen MR) is 100 cm³/mol. The molecule has 0 spiro atoms. The van der Waals surface area contributed by atoms with Crippen molar-refractivity contribution in [3.8, 4) is 17.1 Å². The van der Waals surface area contributed by atoms with Crippen LogP contribution in [0.1, 0.15) is 17.2 Å². The normalized spacial score (nSPS) is 12.2. The number of rotatable bonds is 6. The number of aromatic nitrogens is 6. The quantitative estimate of drug-likeness (QED) is 0.440. The minimum atomic E-state index is -4.49. The van der Waals surface area contributed by atoms with Gasteiger partial charge in [-0.2, -0.15) is 22.8 Å². The van der Waals surface area contributed by atoms with Gasteiger partial charge in [-0.25, -0.2) is 8.42 Å². The highest BCUT2D eigenvalue weighted by Crippen LogP contribution is 2.29. The Kier molecular flexibility index (Phi) is 5.27. The lowest BCUT2D eigenvalue weighted by Gasteiger charge is -2.08. The van der Waals surface area contributed by atoms with Crippen LogP contribution in [0.2, 0.25) is 0 Å². The van der Waals surface area contributed by atoms with E-state index < -0.39 is 33.1 Å². The Hall–Kier alpha value is -3.61. The van der Waals surface area contributed by atoms with E-state index in [4.69, 9.17) is 4.52 Å². The molecular formula is C18H13F3N6O3S. The minimum Gasteiger partial charge on any atom is -0.334 e. The minimum absolute atomic E-state index is 0.0348. The molecule has 0 fully saturated rings. The van der Waals surface area contributed by atoms with Gasteiger partial charge >= 0.3 is 6.18 Å². The molecule has 0 N–H and O–H groups in total. The van der Waals surface area contributed by atoms with Gasteiger partial charge in [0.2, 0.25) is 0 Å². The fourth-order valence-corrected chi connectivity index (χ4v) is 3.93. The second kappa shape index (κ2) is 7.91. The Morgan fingerprint density at radius 1 is 0.968 bits per heavy atom. The van der Waals surface area contributed by atoms with Crippen LogP contribution in [-0.4, -0.2) is 38.8 Å². The molecule has 4 aromatic rings. The van der Waals surface area contributed by atoms with Crippen molar-refractivity contribution in [2.24, 2.45) is 0 Å². The molecule has 13 heteroatoms. The van der Waals surface area contributed by atoms with E-state index in [-0.39, 0.29) is 23.2 Å². The topological polar surface area (TPSA) is 117 Å². The summed E-state index contributed by atoms with van der Waals surface area (Å²) in [6.07, 6.45) is -4.49. The van der Waals surface area contributed by atoms with Crippen molar-refractivity contribution in [2.75, 3.05) is 0 Å². The lowest BCUT2D eigenvalue weighted by molar-refractivity contribution is -0.137. The number of sulfone groups is 1. The second-order valence-corrected chi connectivity index (χ2v) is 8.53. The van der Waals surface area contributed by atoms with E-state index in [9.17, 15) is 21.6 Å². The molecule has 2 aromatic carbocycles. The summed E-state index contributed by atoms with van der Waals surface area (Å²) in [5.41, 5.74) is -0.0103. The zero-order valence-corrected chi connectivity index (χ0v) is 16.4. The smallest absolute Gasteiger partial charge is 0.334 e. The highest BCUT2D eigenvalue weighted by atomic mass is 32.2. The Morgan fingerprint density at radius 3 is 2.35 bits per heavy atom. The lowest BCUT2D eigenvalue weighted by atomic mass is 10.2. The first kappa shape index (κ1) is 20.7. The molecule has 0 aliphatic heterocycles. The van der Waals surface area contributed by atoms with Crippen LogP contribution in [0.15, 0.2) is 59.1 Å². The Labute approximate surface area is 173 Å². The van der Waals surface area contributed by atoms with Crippen molar-refractivity contribution in [3.05, 3.63) is 71.8 Å². The van der Waals surface area contributed by atoms with Gasteiger partial charge in [0.25, 0.3) is 5.89 Å². The van der Waals surface area contributed by atoms with Crippen molar-refractivity contribution in [1.29, 1.82) is 0 Å². The third kappa shape index (κ3) is 4.77. The first-order valence-electron chi connectivity index (χ1n) is 8.75. The SMILES string of the molecule is O=S(=O)(Cc1noc(-c2ccccc2)n1)Cc1nnnn1-c1ccc(C(F)(F)F)cc1. The zero-order valence-electron chi connectivity index (χ0n) is 15.6. The van der Waals surface area contributed by atoms with E-state index >= 15 is 0 Å². The predicted octanol–water partition coefficient (Wildman–Crippen LogP) is 2.85. The summed E-state index contributed by atoms with van der Waals surface area (Å²) >= 11 is 0. The van der Waals surface area contributed by atoms with Crippen LogP contribution in [0.25, 0.3) is 17.1 Å². The van der Waals surface area contributed by atoms with Crippen LogP contribution < -0.4 is 0 Å². The van der Waals surface area contributed by atoms with Gasteiger partial charge in [0.15, 0.2) is 21.5 Å². The first-order chi connectivity index (χ1) is 14.7.